The van der Waals surface area contributed by atoms with Gasteiger partial charge in [-0.25, -0.2) is 0 Å². The normalized spacial score (nSPS) is 40.5. The lowest BCUT2D eigenvalue weighted by Gasteiger charge is -2.43. The van der Waals surface area contributed by atoms with Gasteiger partial charge < -0.3 is 5.32 Å². The third kappa shape index (κ3) is 1.66. The van der Waals surface area contributed by atoms with Gasteiger partial charge in [0.25, 0.3) is 0 Å². The van der Waals surface area contributed by atoms with Crippen molar-refractivity contribution in [2.45, 2.75) is 39.5 Å². The van der Waals surface area contributed by atoms with Gasteiger partial charge in [0, 0.05) is 0 Å². The van der Waals surface area contributed by atoms with E-state index in [-0.39, 0.29) is 0 Å². The highest BCUT2D eigenvalue weighted by molar-refractivity contribution is 4.88. The first-order chi connectivity index (χ1) is 5.67. The van der Waals surface area contributed by atoms with Crippen molar-refractivity contribution in [2.75, 3.05) is 13.1 Å². The summed E-state index contributed by atoms with van der Waals surface area (Å²) >= 11 is 0. The van der Waals surface area contributed by atoms with E-state index in [2.05, 4.69) is 19.2 Å². The van der Waals surface area contributed by atoms with Crippen molar-refractivity contribution in [2.24, 2.45) is 17.3 Å². The zero-order chi connectivity index (χ0) is 8.60. The number of hydrogen-bond acceptors (Lipinski definition) is 1. The first kappa shape index (κ1) is 8.55. The number of hydrogen-bond donors (Lipinski definition) is 1. The average molecular weight is 167 g/mol. The highest BCUT2D eigenvalue weighted by Crippen LogP contribution is 2.43. The molecule has 70 valence electrons. The molecular weight excluding hydrogens is 146 g/mol. The summed E-state index contributed by atoms with van der Waals surface area (Å²) < 4.78 is 0. The van der Waals surface area contributed by atoms with Gasteiger partial charge in [-0.15, -0.1) is 0 Å². The maximum Gasteiger partial charge on any atom is -0.00177 e. The van der Waals surface area contributed by atoms with Gasteiger partial charge in [0.05, 0.1) is 0 Å². The fourth-order valence-electron chi connectivity index (χ4n) is 2.98. The maximum absolute atomic E-state index is 3.52. The van der Waals surface area contributed by atoms with E-state index in [0.29, 0.717) is 5.41 Å². The lowest BCUT2D eigenvalue weighted by Crippen LogP contribution is -2.42. The third-order valence-electron chi connectivity index (χ3n) is 3.77. The van der Waals surface area contributed by atoms with Crippen molar-refractivity contribution >= 4 is 0 Å². The van der Waals surface area contributed by atoms with E-state index in [1.807, 2.05) is 0 Å². The molecule has 1 aliphatic heterocycles. The minimum absolute atomic E-state index is 0.625. The van der Waals surface area contributed by atoms with Crippen LogP contribution in [0.5, 0.6) is 0 Å². The van der Waals surface area contributed by atoms with Crippen LogP contribution in [-0.4, -0.2) is 13.1 Å². The first-order valence-electron chi connectivity index (χ1n) is 5.38. The average Bonchev–Trinajstić information content (AvgIpc) is 2.02. The molecule has 1 heterocycles. The third-order valence-corrected chi connectivity index (χ3v) is 3.77. The van der Waals surface area contributed by atoms with Gasteiger partial charge in [-0.05, 0) is 56.0 Å². The van der Waals surface area contributed by atoms with Crippen molar-refractivity contribution in [3.05, 3.63) is 0 Å². The SMILES string of the molecule is CC1(C)CCC2CCNCC2C1. The van der Waals surface area contributed by atoms with Crippen molar-refractivity contribution in [3.8, 4) is 0 Å². The number of nitrogens with one attached hydrogen (secondary N) is 1. The van der Waals surface area contributed by atoms with Crippen LogP contribution in [0, 0.1) is 17.3 Å². The Morgan fingerprint density at radius 1 is 1.17 bits per heavy atom. The van der Waals surface area contributed by atoms with E-state index < -0.39 is 0 Å². The lowest BCUT2D eigenvalue weighted by molar-refractivity contribution is 0.0930. The van der Waals surface area contributed by atoms with E-state index in [9.17, 15) is 0 Å². The van der Waals surface area contributed by atoms with Gasteiger partial charge in [-0.1, -0.05) is 13.8 Å². The Morgan fingerprint density at radius 3 is 2.83 bits per heavy atom. The molecule has 0 radical (unpaired) electrons. The fourth-order valence-corrected chi connectivity index (χ4v) is 2.98. The Hall–Kier alpha value is -0.0400. The molecule has 0 spiro atoms. The summed E-state index contributed by atoms with van der Waals surface area (Å²) in [7, 11) is 0. The molecule has 12 heavy (non-hydrogen) atoms. The van der Waals surface area contributed by atoms with Crippen LogP contribution < -0.4 is 5.32 Å². The predicted octanol–water partition coefficient (Wildman–Crippen LogP) is 2.42. The van der Waals surface area contributed by atoms with Crippen molar-refractivity contribution in [3.63, 3.8) is 0 Å². The Bertz CT molecular complexity index is 162. The van der Waals surface area contributed by atoms with Gasteiger partial charge in [0.15, 0.2) is 0 Å². The molecule has 2 aliphatic rings. The molecule has 1 heteroatoms. The Balaban J connectivity index is 1.99. The summed E-state index contributed by atoms with van der Waals surface area (Å²) in [6, 6.07) is 0. The summed E-state index contributed by atoms with van der Waals surface area (Å²) in [5.41, 5.74) is 0.625. The monoisotopic (exact) mass is 167 g/mol. The summed E-state index contributed by atoms with van der Waals surface area (Å²) in [5, 5.41) is 3.52. The van der Waals surface area contributed by atoms with E-state index in [1.54, 1.807) is 0 Å². The first-order valence-corrected chi connectivity index (χ1v) is 5.38. The van der Waals surface area contributed by atoms with Gasteiger partial charge in [-0.2, -0.15) is 0 Å². The minimum Gasteiger partial charge on any atom is -0.316 e. The van der Waals surface area contributed by atoms with E-state index >= 15 is 0 Å². The summed E-state index contributed by atoms with van der Waals surface area (Å²) in [6.07, 6.45) is 5.82. The van der Waals surface area contributed by atoms with E-state index in [1.165, 1.54) is 38.8 Å². The smallest absolute Gasteiger partial charge is 0.00177 e. The van der Waals surface area contributed by atoms with Crippen LogP contribution in [0.25, 0.3) is 0 Å². The summed E-state index contributed by atoms with van der Waals surface area (Å²) in [4.78, 5) is 0. The predicted molar refractivity (Wildman–Crippen MR) is 52.1 cm³/mol. The number of fused-ring (bicyclic) bond motifs is 1. The van der Waals surface area contributed by atoms with Crippen LogP contribution in [0.15, 0.2) is 0 Å². The molecule has 0 amide bonds. The van der Waals surface area contributed by atoms with Gasteiger partial charge in [-0.3, -0.25) is 0 Å². The van der Waals surface area contributed by atoms with Crippen LogP contribution in [0.2, 0.25) is 0 Å². The van der Waals surface area contributed by atoms with Crippen LogP contribution >= 0.6 is 0 Å². The molecule has 1 aliphatic carbocycles. The van der Waals surface area contributed by atoms with Crippen molar-refractivity contribution in [1.82, 2.24) is 5.32 Å². The van der Waals surface area contributed by atoms with Gasteiger partial charge in [0.2, 0.25) is 0 Å². The van der Waals surface area contributed by atoms with Crippen molar-refractivity contribution in [1.29, 1.82) is 0 Å². The Morgan fingerprint density at radius 2 is 2.00 bits per heavy atom. The maximum atomic E-state index is 3.52. The Kier molecular flexibility index (Phi) is 2.16. The zero-order valence-electron chi connectivity index (χ0n) is 8.40. The van der Waals surface area contributed by atoms with Gasteiger partial charge >= 0.3 is 0 Å². The molecule has 2 unspecified atom stereocenters. The van der Waals surface area contributed by atoms with Gasteiger partial charge in [0.1, 0.15) is 0 Å². The van der Waals surface area contributed by atoms with E-state index in [0.717, 1.165) is 11.8 Å². The highest BCUT2D eigenvalue weighted by Gasteiger charge is 2.35. The molecule has 1 saturated carbocycles. The van der Waals surface area contributed by atoms with Crippen molar-refractivity contribution < 1.29 is 0 Å². The van der Waals surface area contributed by atoms with Crippen LogP contribution in [0.1, 0.15) is 39.5 Å². The lowest BCUT2D eigenvalue weighted by atomic mass is 9.65. The molecule has 2 fully saturated rings. The second-order valence-corrected chi connectivity index (χ2v) is 5.42. The minimum atomic E-state index is 0.625. The number of piperidine rings is 1. The molecule has 2 rings (SSSR count). The summed E-state index contributed by atoms with van der Waals surface area (Å²) in [6.45, 7) is 7.41. The molecule has 2 atom stereocenters. The largest absolute Gasteiger partial charge is 0.316 e. The zero-order valence-corrected chi connectivity index (χ0v) is 8.40. The van der Waals surface area contributed by atoms with Crippen LogP contribution in [-0.2, 0) is 0 Å². The molecular formula is C11H21N. The number of rotatable bonds is 0. The molecule has 1 saturated heterocycles. The van der Waals surface area contributed by atoms with Crippen LogP contribution in [0.3, 0.4) is 0 Å². The standard InChI is InChI=1S/C11H21N/c1-11(2)5-3-9-4-6-12-8-10(9)7-11/h9-10,12H,3-8H2,1-2H3. The molecule has 1 nitrogen and oxygen atoms in total. The molecule has 0 aromatic heterocycles. The van der Waals surface area contributed by atoms with E-state index in [4.69, 9.17) is 0 Å². The molecule has 1 N–H and O–H groups in total. The quantitative estimate of drug-likeness (QED) is 0.584. The second kappa shape index (κ2) is 3.02. The summed E-state index contributed by atoms with van der Waals surface area (Å²) in [5.74, 6) is 2.04. The highest BCUT2D eigenvalue weighted by atomic mass is 14.9. The molecule has 0 bridgehead atoms. The molecule has 0 aromatic carbocycles. The Labute approximate surface area is 75.9 Å². The second-order valence-electron chi connectivity index (χ2n) is 5.42. The fraction of sp³-hybridized carbons (Fsp3) is 1.00. The van der Waals surface area contributed by atoms with Crippen LogP contribution in [0.4, 0.5) is 0 Å². The molecule has 0 aromatic rings. The topological polar surface area (TPSA) is 12.0 Å².